The van der Waals surface area contributed by atoms with Crippen LogP contribution in [0.2, 0.25) is 0 Å². The summed E-state index contributed by atoms with van der Waals surface area (Å²) in [5, 5.41) is 4.38. The average Bonchev–Trinajstić information content (AvgIpc) is 2.91. The van der Waals surface area contributed by atoms with Gasteiger partial charge in [-0.2, -0.15) is 0 Å². The van der Waals surface area contributed by atoms with Crippen LogP contribution in [0.1, 0.15) is 36.2 Å². The molecule has 2 aromatic rings. The van der Waals surface area contributed by atoms with E-state index in [2.05, 4.69) is 10.3 Å². The minimum Gasteiger partial charge on any atom is -0.348 e. The molecule has 0 unspecified atom stereocenters. The molecule has 4 nitrogen and oxygen atoms in total. The minimum absolute atomic E-state index is 0.185. The number of pyridine rings is 1. The predicted molar refractivity (Wildman–Crippen MR) is 74.3 cm³/mol. The first-order chi connectivity index (χ1) is 9.24. The van der Waals surface area contributed by atoms with Crippen molar-refractivity contribution in [2.75, 3.05) is 0 Å². The van der Waals surface area contributed by atoms with Crippen LogP contribution in [-0.2, 0) is 0 Å². The quantitative estimate of drug-likeness (QED) is 0.865. The van der Waals surface area contributed by atoms with Crippen molar-refractivity contribution in [1.82, 2.24) is 10.3 Å². The summed E-state index contributed by atoms with van der Waals surface area (Å²) in [6.45, 7) is 0. The summed E-state index contributed by atoms with van der Waals surface area (Å²) < 4.78 is 0. The van der Waals surface area contributed by atoms with Crippen molar-refractivity contribution in [1.29, 1.82) is 0 Å². The van der Waals surface area contributed by atoms with Crippen molar-refractivity contribution >= 4 is 16.7 Å². The molecule has 3 rings (SSSR count). The number of amides is 1. The number of aromatic amines is 1. The molecular formula is C15H16N2O2. The molecule has 0 bridgehead atoms. The van der Waals surface area contributed by atoms with E-state index >= 15 is 0 Å². The Balaban J connectivity index is 1.91. The smallest absolute Gasteiger partial charge is 0.268 e. The molecule has 1 heterocycles. The molecule has 1 aliphatic rings. The molecular weight excluding hydrogens is 240 g/mol. The predicted octanol–water partition coefficient (Wildman–Crippen LogP) is 2.20. The van der Waals surface area contributed by atoms with Crippen molar-refractivity contribution in [2.24, 2.45) is 0 Å². The fourth-order valence-electron chi connectivity index (χ4n) is 2.67. The van der Waals surface area contributed by atoms with Crippen LogP contribution in [0.4, 0.5) is 0 Å². The Morgan fingerprint density at radius 1 is 1.21 bits per heavy atom. The summed E-state index contributed by atoms with van der Waals surface area (Å²) in [5.41, 5.74) is 0.130. The van der Waals surface area contributed by atoms with Crippen LogP contribution < -0.4 is 10.9 Å². The summed E-state index contributed by atoms with van der Waals surface area (Å²) in [7, 11) is 0. The van der Waals surface area contributed by atoms with Crippen LogP contribution in [-0.4, -0.2) is 16.9 Å². The highest BCUT2D eigenvalue weighted by atomic mass is 16.2. The molecule has 0 atom stereocenters. The Kier molecular flexibility index (Phi) is 3.07. The third-order valence-electron chi connectivity index (χ3n) is 3.69. The third kappa shape index (κ3) is 2.38. The lowest BCUT2D eigenvalue weighted by atomic mass is 10.1. The first-order valence-corrected chi connectivity index (χ1v) is 6.67. The normalized spacial score (nSPS) is 15.8. The number of aromatic nitrogens is 1. The molecule has 0 saturated heterocycles. The van der Waals surface area contributed by atoms with Gasteiger partial charge in [-0.3, -0.25) is 9.59 Å². The topological polar surface area (TPSA) is 62.0 Å². The summed E-state index contributed by atoms with van der Waals surface area (Å²) in [4.78, 5) is 26.7. The number of H-pyrrole nitrogens is 1. The Hall–Kier alpha value is -2.10. The Morgan fingerprint density at radius 3 is 2.74 bits per heavy atom. The van der Waals surface area contributed by atoms with Crippen LogP contribution in [0.15, 0.2) is 35.1 Å². The summed E-state index contributed by atoms with van der Waals surface area (Å²) in [6, 6.07) is 9.27. The van der Waals surface area contributed by atoms with Crippen molar-refractivity contribution in [3.8, 4) is 0 Å². The number of hydrogen-bond acceptors (Lipinski definition) is 2. The van der Waals surface area contributed by atoms with Crippen LogP contribution in [0.25, 0.3) is 10.8 Å². The second-order valence-corrected chi connectivity index (χ2v) is 5.05. The molecule has 1 amide bonds. The third-order valence-corrected chi connectivity index (χ3v) is 3.69. The summed E-state index contributed by atoms with van der Waals surface area (Å²) >= 11 is 0. The maximum Gasteiger partial charge on any atom is 0.268 e. The van der Waals surface area contributed by atoms with E-state index in [-0.39, 0.29) is 17.5 Å². The van der Waals surface area contributed by atoms with E-state index < -0.39 is 0 Å². The molecule has 1 aromatic heterocycles. The Labute approximate surface area is 110 Å². The van der Waals surface area contributed by atoms with Gasteiger partial charge in [-0.25, -0.2) is 0 Å². The monoisotopic (exact) mass is 256 g/mol. The number of fused-ring (bicyclic) bond motifs is 1. The van der Waals surface area contributed by atoms with Gasteiger partial charge in [-0.05, 0) is 30.4 Å². The van der Waals surface area contributed by atoms with Gasteiger partial charge in [0.25, 0.3) is 11.5 Å². The number of rotatable bonds is 2. The van der Waals surface area contributed by atoms with Crippen LogP contribution in [0.5, 0.6) is 0 Å². The number of carbonyl (C=O) groups is 1. The average molecular weight is 256 g/mol. The molecule has 1 aliphatic carbocycles. The molecule has 1 aromatic carbocycles. The molecule has 2 N–H and O–H groups in total. The SMILES string of the molecule is O=C(NC1CCCC1)c1cc2ccccc2c(=O)[nH]1. The standard InChI is InChI=1S/C15H16N2O2/c18-14-12-8-4-1-5-10(12)9-13(17-14)15(19)16-11-6-2-3-7-11/h1,4-5,8-9,11H,2-3,6-7H2,(H,16,19)(H,17,18). The van der Waals surface area contributed by atoms with E-state index in [1.54, 1.807) is 12.1 Å². The highest BCUT2D eigenvalue weighted by Crippen LogP contribution is 2.18. The maximum absolute atomic E-state index is 12.1. The van der Waals surface area contributed by atoms with Gasteiger partial charge in [-0.15, -0.1) is 0 Å². The fraction of sp³-hybridized carbons (Fsp3) is 0.333. The van der Waals surface area contributed by atoms with E-state index in [1.807, 2.05) is 18.2 Å². The lowest BCUT2D eigenvalue weighted by Gasteiger charge is -2.11. The van der Waals surface area contributed by atoms with Crippen LogP contribution >= 0.6 is 0 Å². The molecule has 0 spiro atoms. The van der Waals surface area contributed by atoms with Crippen LogP contribution in [0, 0.1) is 0 Å². The number of benzene rings is 1. The zero-order valence-corrected chi connectivity index (χ0v) is 10.6. The van der Waals surface area contributed by atoms with Gasteiger partial charge in [0.2, 0.25) is 0 Å². The van der Waals surface area contributed by atoms with Crippen LogP contribution in [0.3, 0.4) is 0 Å². The van der Waals surface area contributed by atoms with E-state index in [4.69, 9.17) is 0 Å². The molecule has 98 valence electrons. The molecule has 0 aliphatic heterocycles. The van der Waals surface area contributed by atoms with E-state index in [0.29, 0.717) is 11.1 Å². The Morgan fingerprint density at radius 2 is 1.95 bits per heavy atom. The molecule has 1 fully saturated rings. The summed E-state index contributed by atoms with van der Waals surface area (Å²) in [5.74, 6) is -0.185. The van der Waals surface area contributed by atoms with Crippen molar-refractivity contribution in [3.63, 3.8) is 0 Å². The number of hydrogen-bond donors (Lipinski definition) is 2. The highest BCUT2D eigenvalue weighted by molar-refractivity contribution is 5.96. The molecule has 0 radical (unpaired) electrons. The first-order valence-electron chi connectivity index (χ1n) is 6.67. The van der Waals surface area contributed by atoms with Crippen molar-refractivity contribution in [3.05, 3.63) is 46.4 Å². The minimum atomic E-state index is -0.213. The van der Waals surface area contributed by atoms with Gasteiger partial charge < -0.3 is 10.3 Å². The lowest BCUT2D eigenvalue weighted by molar-refractivity contribution is 0.0933. The van der Waals surface area contributed by atoms with E-state index in [0.717, 1.165) is 18.2 Å². The second kappa shape index (κ2) is 4.88. The molecule has 1 saturated carbocycles. The largest absolute Gasteiger partial charge is 0.348 e. The fourth-order valence-corrected chi connectivity index (χ4v) is 2.67. The van der Waals surface area contributed by atoms with Gasteiger partial charge in [0.05, 0.1) is 0 Å². The van der Waals surface area contributed by atoms with Gasteiger partial charge in [0.15, 0.2) is 0 Å². The second-order valence-electron chi connectivity index (χ2n) is 5.05. The zero-order valence-electron chi connectivity index (χ0n) is 10.6. The summed E-state index contributed by atoms with van der Waals surface area (Å²) in [6.07, 6.45) is 4.39. The van der Waals surface area contributed by atoms with Gasteiger partial charge in [-0.1, -0.05) is 31.0 Å². The zero-order chi connectivity index (χ0) is 13.2. The van der Waals surface area contributed by atoms with Gasteiger partial charge in [0.1, 0.15) is 5.69 Å². The first kappa shape index (κ1) is 12.0. The maximum atomic E-state index is 12.1. The van der Waals surface area contributed by atoms with Crippen molar-refractivity contribution in [2.45, 2.75) is 31.7 Å². The number of carbonyl (C=O) groups excluding carboxylic acids is 1. The number of nitrogens with one attached hydrogen (secondary N) is 2. The van der Waals surface area contributed by atoms with Gasteiger partial charge in [0, 0.05) is 11.4 Å². The van der Waals surface area contributed by atoms with E-state index in [9.17, 15) is 9.59 Å². The highest BCUT2D eigenvalue weighted by Gasteiger charge is 2.18. The molecule has 19 heavy (non-hydrogen) atoms. The van der Waals surface area contributed by atoms with E-state index in [1.165, 1.54) is 12.8 Å². The lowest BCUT2D eigenvalue weighted by Crippen LogP contribution is -2.34. The molecule has 4 heteroatoms. The van der Waals surface area contributed by atoms with Gasteiger partial charge >= 0.3 is 0 Å². The Bertz CT molecular complexity index is 669. The van der Waals surface area contributed by atoms with Crippen molar-refractivity contribution < 1.29 is 4.79 Å².